The third kappa shape index (κ3) is 3.08. The molecule has 0 aromatic rings. The van der Waals surface area contributed by atoms with E-state index in [0.717, 1.165) is 6.54 Å². The first-order chi connectivity index (χ1) is 8.54. The van der Waals surface area contributed by atoms with E-state index < -0.39 is 0 Å². The number of rotatable bonds is 8. The van der Waals surface area contributed by atoms with Gasteiger partial charge in [0.15, 0.2) is 0 Å². The van der Waals surface area contributed by atoms with Crippen LogP contribution in [0.1, 0.15) is 72.6 Å². The molecule has 2 heteroatoms. The van der Waals surface area contributed by atoms with Crippen LogP contribution >= 0.6 is 0 Å². The number of hydrogen-bond acceptors (Lipinski definition) is 2. The molecule has 0 amide bonds. The maximum Gasteiger partial charge on any atom is 0.0382 e. The maximum atomic E-state index is 6.25. The molecule has 1 saturated carbocycles. The van der Waals surface area contributed by atoms with Gasteiger partial charge in [0, 0.05) is 12.1 Å². The highest BCUT2D eigenvalue weighted by Crippen LogP contribution is 2.49. The molecular weight excluding hydrogens is 220 g/mol. The molecule has 1 atom stereocenters. The van der Waals surface area contributed by atoms with Crippen molar-refractivity contribution in [3.63, 3.8) is 0 Å². The molecule has 1 rings (SSSR count). The van der Waals surface area contributed by atoms with Gasteiger partial charge in [-0.05, 0) is 44.2 Å². The Morgan fingerprint density at radius 3 is 1.89 bits per heavy atom. The largest absolute Gasteiger partial charge is 0.329 e. The van der Waals surface area contributed by atoms with Crippen LogP contribution in [-0.4, -0.2) is 30.1 Å². The molecule has 0 saturated heterocycles. The van der Waals surface area contributed by atoms with Crippen LogP contribution in [0, 0.1) is 5.41 Å². The average molecular weight is 254 g/mol. The lowest BCUT2D eigenvalue weighted by molar-refractivity contribution is 0.0105. The van der Waals surface area contributed by atoms with Gasteiger partial charge in [-0.25, -0.2) is 0 Å². The summed E-state index contributed by atoms with van der Waals surface area (Å²) in [6.07, 6.45) is 9.15. The van der Waals surface area contributed by atoms with Crippen LogP contribution in [0.5, 0.6) is 0 Å². The van der Waals surface area contributed by atoms with E-state index in [0.29, 0.717) is 5.41 Å². The molecule has 1 aliphatic carbocycles. The molecule has 0 aromatic carbocycles. The maximum absolute atomic E-state index is 6.25. The quantitative estimate of drug-likeness (QED) is 0.714. The van der Waals surface area contributed by atoms with E-state index in [1.54, 1.807) is 0 Å². The second-order valence-corrected chi connectivity index (χ2v) is 6.67. The van der Waals surface area contributed by atoms with Crippen molar-refractivity contribution in [2.24, 2.45) is 11.1 Å². The lowest BCUT2D eigenvalue weighted by atomic mass is 9.73. The third-order valence-corrected chi connectivity index (χ3v) is 5.16. The number of nitrogens with two attached hydrogens (primary N) is 1. The van der Waals surface area contributed by atoms with Gasteiger partial charge in [-0.3, -0.25) is 4.90 Å². The van der Waals surface area contributed by atoms with E-state index in [1.165, 1.54) is 58.0 Å². The second-order valence-electron chi connectivity index (χ2n) is 6.67. The standard InChI is InChI=1S/C16H34N2/c1-5-7-12-18(13-8-6-2)16(14-17)11-9-10-15(16,3)4/h5-14,17H2,1-4H3. The molecule has 1 fully saturated rings. The number of unbranched alkanes of at least 4 members (excludes halogenated alkanes) is 2. The molecule has 0 aliphatic heterocycles. The Morgan fingerprint density at radius 1 is 1.00 bits per heavy atom. The van der Waals surface area contributed by atoms with Crippen LogP contribution in [0.2, 0.25) is 0 Å². The van der Waals surface area contributed by atoms with E-state index in [2.05, 4.69) is 32.6 Å². The zero-order chi connectivity index (χ0) is 13.6. The first-order valence-electron chi connectivity index (χ1n) is 7.99. The molecule has 0 radical (unpaired) electrons. The fourth-order valence-electron chi connectivity index (χ4n) is 3.73. The van der Waals surface area contributed by atoms with Crippen molar-refractivity contribution in [2.75, 3.05) is 19.6 Å². The van der Waals surface area contributed by atoms with Crippen molar-refractivity contribution in [1.29, 1.82) is 0 Å². The zero-order valence-corrected chi connectivity index (χ0v) is 13.1. The second kappa shape index (κ2) is 6.91. The summed E-state index contributed by atoms with van der Waals surface area (Å²) in [5, 5.41) is 0. The Morgan fingerprint density at radius 2 is 1.56 bits per heavy atom. The topological polar surface area (TPSA) is 29.3 Å². The first-order valence-corrected chi connectivity index (χ1v) is 7.99. The summed E-state index contributed by atoms with van der Waals surface area (Å²) < 4.78 is 0. The highest BCUT2D eigenvalue weighted by atomic mass is 15.2. The van der Waals surface area contributed by atoms with Crippen LogP contribution in [0.25, 0.3) is 0 Å². The Labute approximate surface area is 114 Å². The molecule has 2 nitrogen and oxygen atoms in total. The summed E-state index contributed by atoms with van der Waals surface area (Å²) >= 11 is 0. The lowest BCUT2D eigenvalue weighted by Crippen LogP contribution is -2.60. The Bertz CT molecular complexity index is 229. The van der Waals surface area contributed by atoms with E-state index in [1.807, 2.05) is 0 Å². The van der Waals surface area contributed by atoms with Gasteiger partial charge in [-0.2, -0.15) is 0 Å². The molecule has 108 valence electrons. The van der Waals surface area contributed by atoms with E-state index in [4.69, 9.17) is 5.73 Å². The minimum atomic E-state index is 0.261. The van der Waals surface area contributed by atoms with Crippen molar-refractivity contribution in [1.82, 2.24) is 4.90 Å². The minimum Gasteiger partial charge on any atom is -0.329 e. The smallest absolute Gasteiger partial charge is 0.0382 e. The van der Waals surface area contributed by atoms with Gasteiger partial charge in [-0.15, -0.1) is 0 Å². The molecule has 0 heterocycles. The van der Waals surface area contributed by atoms with Gasteiger partial charge in [-0.1, -0.05) is 47.0 Å². The average Bonchev–Trinajstić information content (AvgIpc) is 2.65. The zero-order valence-electron chi connectivity index (χ0n) is 13.1. The lowest BCUT2D eigenvalue weighted by Gasteiger charge is -2.50. The summed E-state index contributed by atoms with van der Waals surface area (Å²) in [5.41, 5.74) is 6.89. The van der Waals surface area contributed by atoms with Crippen molar-refractivity contribution >= 4 is 0 Å². The van der Waals surface area contributed by atoms with Gasteiger partial charge in [0.05, 0.1) is 0 Å². The highest BCUT2D eigenvalue weighted by Gasteiger charge is 2.50. The summed E-state index contributed by atoms with van der Waals surface area (Å²) in [6, 6.07) is 0. The third-order valence-electron chi connectivity index (χ3n) is 5.16. The Balaban J connectivity index is 2.84. The SMILES string of the molecule is CCCCN(CCCC)C1(CN)CCCC1(C)C. The van der Waals surface area contributed by atoms with Crippen molar-refractivity contribution in [2.45, 2.75) is 78.2 Å². The van der Waals surface area contributed by atoms with Crippen LogP contribution in [0.15, 0.2) is 0 Å². The molecule has 1 aliphatic rings. The first kappa shape index (κ1) is 16.0. The van der Waals surface area contributed by atoms with Gasteiger partial charge in [0.2, 0.25) is 0 Å². The minimum absolute atomic E-state index is 0.261. The van der Waals surface area contributed by atoms with Gasteiger partial charge >= 0.3 is 0 Å². The van der Waals surface area contributed by atoms with E-state index >= 15 is 0 Å². The summed E-state index contributed by atoms with van der Waals surface area (Å²) in [7, 11) is 0. The summed E-state index contributed by atoms with van der Waals surface area (Å²) in [4.78, 5) is 2.74. The molecule has 18 heavy (non-hydrogen) atoms. The van der Waals surface area contributed by atoms with E-state index in [9.17, 15) is 0 Å². The predicted octanol–water partition coefficient (Wildman–Crippen LogP) is 3.80. The fraction of sp³-hybridized carbons (Fsp3) is 1.00. The molecule has 0 spiro atoms. The van der Waals surface area contributed by atoms with Gasteiger partial charge in [0.1, 0.15) is 0 Å². The normalized spacial score (nSPS) is 27.0. The Kier molecular flexibility index (Phi) is 6.13. The molecule has 1 unspecified atom stereocenters. The van der Waals surface area contributed by atoms with Crippen LogP contribution in [-0.2, 0) is 0 Å². The highest BCUT2D eigenvalue weighted by molar-refractivity contribution is 5.07. The van der Waals surface area contributed by atoms with Crippen molar-refractivity contribution < 1.29 is 0 Å². The summed E-state index contributed by atoms with van der Waals surface area (Å²) in [5.74, 6) is 0. The van der Waals surface area contributed by atoms with Crippen LogP contribution in [0.3, 0.4) is 0 Å². The molecule has 0 aromatic heterocycles. The Hall–Kier alpha value is -0.0800. The molecular formula is C16H34N2. The fourth-order valence-corrected chi connectivity index (χ4v) is 3.73. The van der Waals surface area contributed by atoms with Crippen molar-refractivity contribution in [3.05, 3.63) is 0 Å². The molecule has 0 bridgehead atoms. The van der Waals surface area contributed by atoms with Crippen LogP contribution in [0.4, 0.5) is 0 Å². The van der Waals surface area contributed by atoms with Crippen molar-refractivity contribution in [3.8, 4) is 0 Å². The monoisotopic (exact) mass is 254 g/mol. The van der Waals surface area contributed by atoms with E-state index in [-0.39, 0.29) is 5.54 Å². The number of nitrogens with zero attached hydrogens (tertiary/aromatic N) is 1. The van der Waals surface area contributed by atoms with Gasteiger partial charge in [0.25, 0.3) is 0 Å². The summed E-state index contributed by atoms with van der Waals surface area (Å²) in [6.45, 7) is 12.7. The number of hydrogen-bond donors (Lipinski definition) is 1. The molecule has 2 N–H and O–H groups in total. The van der Waals surface area contributed by atoms with Crippen LogP contribution < -0.4 is 5.73 Å². The predicted molar refractivity (Wildman–Crippen MR) is 80.8 cm³/mol. The van der Waals surface area contributed by atoms with Gasteiger partial charge < -0.3 is 5.73 Å².